The van der Waals surface area contributed by atoms with Gasteiger partial charge in [-0.25, -0.2) is 14.5 Å². The maximum Gasteiger partial charge on any atom is 0.340 e. The van der Waals surface area contributed by atoms with E-state index in [1.807, 2.05) is 44.2 Å². The van der Waals surface area contributed by atoms with Crippen molar-refractivity contribution in [1.29, 1.82) is 0 Å². The quantitative estimate of drug-likeness (QED) is 0.636. The van der Waals surface area contributed by atoms with Gasteiger partial charge in [0.15, 0.2) is 5.82 Å². The van der Waals surface area contributed by atoms with Gasteiger partial charge in [0.05, 0.1) is 11.3 Å². The summed E-state index contributed by atoms with van der Waals surface area (Å²) in [6.45, 7) is 4.12. The summed E-state index contributed by atoms with van der Waals surface area (Å²) in [6, 6.07) is 13.1. The minimum Gasteiger partial charge on any atom is -0.457 e. The van der Waals surface area contributed by atoms with Crippen LogP contribution < -0.4 is 0 Å². The third kappa shape index (κ3) is 3.71. The van der Waals surface area contributed by atoms with E-state index in [1.54, 1.807) is 16.8 Å². The van der Waals surface area contributed by atoms with Crippen molar-refractivity contribution in [3.05, 3.63) is 75.6 Å². The summed E-state index contributed by atoms with van der Waals surface area (Å²) in [5.74, 6) is 0.274. The van der Waals surface area contributed by atoms with Crippen molar-refractivity contribution >= 4 is 21.9 Å². The fourth-order valence-electron chi connectivity index (χ4n) is 2.31. The minimum atomic E-state index is -0.398. The predicted molar refractivity (Wildman–Crippen MR) is 94.1 cm³/mol. The number of hydrogen-bond donors (Lipinski definition) is 0. The molecule has 3 rings (SSSR count). The van der Waals surface area contributed by atoms with Crippen LogP contribution in [0, 0.1) is 13.8 Å². The topological polar surface area (TPSA) is 57.0 Å². The van der Waals surface area contributed by atoms with Crippen molar-refractivity contribution in [3.63, 3.8) is 0 Å². The van der Waals surface area contributed by atoms with Gasteiger partial charge in [-0.3, -0.25) is 0 Å². The first-order valence-electron chi connectivity index (χ1n) is 7.44. The SMILES string of the molecule is Cc1cc(C)n(-c2ccc(C(=O)OCc3ccc(Br)cc3)cn2)n1. The molecule has 0 radical (unpaired) electrons. The van der Waals surface area contributed by atoms with Gasteiger partial charge >= 0.3 is 5.97 Å². The van der Waals surface area contributed by atoms with Gasteiger partial charge < -0.3 is 4.74 Å². The number of rotatable bonds is 4. The Balaban J connectivity index is 1.67. The van der Waals surface area contributed by atoms with E-state index >= 15 is 0 Å². The zero-order valence-corrected chi connectivity index (χ0v) is 14.9. The van der Waals surface area contributed by atoms with Crippen LogP contribution in [0.15, 0.2) is 53.1 Å². The number of ether oxygens (including phenoxy) is 1. The van der Waals surface area contributed by atoms with Gasteiger partial charge in [-0.15, -0.1) is 0 Å². The molecule has 0 aliphatic rings. The number of halogens is 1. The van der Waals surface area contributed by atoms with Crippen LogP contribution in [0.25, 0.3) is 5.82 Å². The molecule has 0 bridgehead atoms. The molecule has 2 aromatic heterocycles. The fraction of sp³-hybridized carbons (Fsp3) is 0.167. The Kier molecular flexibility index (Phi) is 4.76. The van der Waals surface area contributed by atoms with E-state index in [1.165, 1.54) is 6.20 Å². The van der Waals surface area contributed by atoms with E-state index in [0.29, 0.717) is 11.4 Å². The normalized spacial score (nSPS) is 10.6. The van der Waals surface area contributed by atoms with Gasteiger partial charge in [-0.2, -0.15) is 5.10 Å². The lowest BCUT2D eigenvalue weighted by molar-refractivity contribution is 0.0472. The maximum atomic E-state index is 12.1. The molecule has 5 nitrogen and oxygen atoms in total. The second kappa shape index (κ2) is 6.97. The van der Waals surface area contributed by atoms with Crippen LogP contribution in [0.5, 0.6) is 0 Å². The zero-order chi connectivity index (χ0) is 17.1. The maximum absolute atomic E-state index is 12.1. The van der Waals surface area contributed by atoms with Gasteiger partial charge in [-0.05, 0) is 49.7 Å². The standard InChI is InChI=1S/C18H16BrN3O2/c1-12-9-13(2)22(21-12)17-8-5-15(10-20-17)18(23)24-11-14-3-6-16(19)7-4-14/h3-10H,11H2,1-2H3. The predicted octanol–water partition coefficient (Wildman–Crippen LogP) is 4.00. The number of carbonyl (C=O) groups excluding carboxylic acids is 1. The molecule has 1 aromatic carbocycles. The highest BCUT2D eigenvalue weighted by molar-refractivity contribution is 9.10. The van der Waals surface area contributed by atoms with Gasteiger partial charge in [0.1, 0.15) is 6.61 Å². The summed E-state index contributed by atoms with van der Waals surface area (Å²) >= 11 is 3.37. The Morgan fingerprint density at radius 3 is 2.50 bits per heavy atom. The average molecular weight is 386 g/mol. The van der Waals surface area contributed by atoms with E-state index < -0.39 is 5.97 Å². The van der Waals surface area contributed by atoms with E-state index in [4.69, 9.17) is 4.74 Å². The van der Waals surface area contributed by atoms with E-state index in [9.17, 15) is 4.79 Å². The summed E-state index contributed by atoms with van der Waals surface area (Å²) in [5, 5.41) is 4.37. The molecule has 0 aliphatic carbocycles. The van der Waals surface area contributed by atoms with Crippen LogP contribution in [-0.4, -0.2) is 20.7 Å². The second-order valence-corrected chi connectivity index (χ2v) is 6.36. The Labute approximate surface area is 148 Å². The lowest BCUT2D eigenvalue weighted by atomic mass is 10.2. The van der Waals surface area contributed by atoms with Gasteiger partial charge in [-0.1, -0.05) is 28.1 Å². The van der Waals surface area contributed by atoms with Crippen LogP contribution in [-0.2, 0) is 11.3 Å². The molecule has 24 heavy (non-hydrogen) atoms. The van der Waals surface area contributed by atoms with Crippen molar-refractivity contribution < 1.29 is 9.53 Å². The molecule has 0 aliphatic heterocycles. The molecule has 2 heterocycles. The van der Waals surface area contributed by atoms with Crippen molar-refractivity contribution in [2.75, 3.05) is 0 Å². The third-order valence-electron chi connectivity index (χ3n) is 3.49. The summed E-state index contributed by atoms with van der Waals surface area (Å²) in [6.07, 6.45) is 1.51. The summed E-state index contributed by atoms with van der Waals surface area (Å²) < 4.78 is 8.04. The second-order valence-electron chi connectivity index (χ2n) is 5.45. The number of aryl methyl sites for hydroxylation is 2. The van der Waals surface area contributed by atoms with Gasteiger partial charge in [0.25, 0.3) is 0 Å². The summed E-state index contributed by atoms with van der Waals surface area (Å²) in [4.78, 5) is 16.4. The first-order chi connectivity index (χ1) is 11.5. The molecular weight excluding hydrogens is 370 g/mol. The van der Waals surface area contributed by atoms with Crippen molar-refractivity contribution in [2.45, 2.75) is 20.5 Å². The molecule has 6 heteroatoms. The molecular formula is C18H16BrN3O2. The molecule has 0 N–H and O–H groups in total. The highest BCUT2D eigenvalue weighted by atomic mass is 79.9. The Hall–Kier alpha value is -2.47. The van der Waals surface area contributed by atoms with Crippen molar-refractivity contribution in [3.8, 4) is 5.82 Å². The number of esters is 1. The van der Waals surface area contributed by atoms with Crippen molar-refractivity contribution in [1.82, 2.24) is 14.8 Å². The Bertz CT molecular complexity index is 855. The molecule has 0 spiro atoms. The number of carbonyl (C=O) groups is 1. The Morgan fingerprint density at radius 1 is 1.17 bits per heavy atom. The molecule has 0 saturated carbocycles. The van der Waals surface area contributed by atoms with Crippen molar-refractivity contribution in [2.24, 2.45) is 0 Å². The molecule has 0 unspecified atom stereocenters. The van der Waals surface area contributed by atoms with E-state index in [-0.39, 0.29) is 6.61 Å². The third-order valence-corrected chi connectivity index (χ3v) is 4.02. The largest absolute Gasteiger partial charge is 0.457 e. The molecule has 122 valence electrons. The zero-order valence-electron chi connectivity index (χ0n) is 13.4. The van der Waals surface area contributed by atoms with Crippen LogP contribution in [0.3, 0.4) is 0 Å². The highest BCUT2D eigenvalue weighted by Gasteiger charge is 2.10. The van der Waals surface area contributed by atoms with Crippen LogP contribution >= 0.6 is 15.9 Å². The Morgan fingerprint density at radius 2 is 1.92 bits per heavy atom. The lowest BCUT2D eigenvalue weighted by Gasteiger charge is -2.07. The first-order valence-corrected chi connectivity index (χ1v) is 8.23. The number of benzene rings is 1. The fourth-order valence-corrected chi connectivity index (χ4v) is 2.57. The smallest absolute Gasteiger partial charge is 0.340 e. The molecule has 0 atom stereocenters. The number of nitrogens with zero attached hydrogens (tertiary/aromatic N) is 3. The van der Waals surface area contributed by atoms with Crippen LogP contribution in [0.2, 0.25) is 0 Å². The number of pyridine rings is 1. The number of hydrogen-bond acceptors (Lipinski definition) is 4. The minimum absolute atomic E-state index is 0.228. The lowest BCUT2D eigenvalue weighted by Crippen LogP contribution is -2.07. The molecule has 0 amide bonds. The van der Waals surface area contributed by atoms with Crippen LogP contribution in [0.1, 0.15) is 27.3 Å². The van der Waals surface area contributed by atoms with Crippen LogP contribution in [0.4, 0.5) is 0 Å². The summed E-state index contributed by atoms with van der Waals surface area (Å²) in [5.41, 5.74) is 3.26. The van der Waals surface area contributed by atoms with Gasteiger partial charge in [0.2, 0.25) is 0 Å². The van der Waals surface area contributed by atoms with E-state index in [2.05, 4.69) is 26.0 Å². The number of aromatic nitrogens is 3. The van der Waals surface area contributed by atoms with Gasteiger partial charge in [0, 0.05) is 16.4 Å². The molecule has 0 fully saturated rings. The summed E-state index contributed by atoms with van der Waals surface area (Å²) in [7, 11) is 0. The average Bonchev–Trinajstić information content (AvgIpc) is 2.92. The molecule has 0 saturated heterocycles. The monoisotopic (exact) mass is 385 g/mol. The highest BCUT2D eigenvalue weighted by Crippen LogP contribution is 2.13. The molecule has 3 aromatic rings. The first kappa shape index (κ1) is 16.4. The van der Waals surface area contributed by atoms with E-state index in [0.717, 1.165) is 21.4 Å².